The van der Waals surface area contributed by atoms with Crippen molar-refractivity contribution in [3.8, 4) is 5.75 Å². The van der Waals surface area contributed by atoms with Crippen molar-refractivity contribution in [2.24, 2.45) is 5.73 Å². The maximum atomic E-state index is 12.9. The van der Waals surface area contributed by atoms with Crippen molar-refractivity contribution in [2.75, 3.05) is 20.3 Å². The van der Waals surface area contributed by atoms with Gasteiger partial charge in [0, 0.05) is 6.54 Å². The Balaban J connectivity index is 0.00000225. The second-order valence-corrected chi connectivity index (χ2v) is 2.77. The van der Waals surface area contributed by atoms with Crippen LogP contribution in [0.3, 0.4) is 0 Å². The van der Waals surface area contributed by atoms with E-state index in [9.17, 15) is 9.18 Å². The second kappa shape index (κ2) is 7.03. The lowest BCUT2D eigenvalue weighted by Gasteiger charge is -2.09. The summed E-state index contributed by atoms with van der Waals surface area (Å²) in [5, 5.41) is 0. The van der Waals surface area contributed by atoms with Crippen LogP contribution in [-0.2, 0) is 4.74 Å². The van der Waals surface area contributed by atoms with Crippen molar-refractivity contribution >= 4 is 18.4 Å². The molecule has 0 spiro atoms. The predicted molar refractivity (Wildman–Crippen MR) is 59.5 cm³/mol. The SMILES string of the molecule is COC(=O)c1cc(F)ccc1OCCN.Cl. The molecule has 0 amide bonds. The molecule has 16 heavy (non-hydrogen) atoms. The Morgan fingerprint density at radius 1 is 1.50 bits per heavy atom. The first-order valence-electron chi connectivity index (χ1n) is 4.39. The van der Waals surface area contributed by atoms with Gasteiger partial charge >= 0.3 is 5.97 Å². The summed E-state index contributed by atoms with van der Waals surface area (Å²) in [5.41, 5.74) is 5.31. The minimum absolute atomic E-state index is 0. The van der Waals surface area contributed by atoms with Gasteiger partial charge in [0.15, 0.2) is 0 Å². The summed E-state index contributed by atoms with van der Waals surface area (Å²) in [5.74, 6) is -0.884. The van der Waals surface area contributed by atoms with Gasteiger partial charge in [0.05, 0.1) is 7.11 Å². The van der Waals surface area contributed by atoms with Crippen LogP contribution in [0.4, 0.5) is 4.39 Å². The van der Waals surface area contributed by atoms with Crippen LogP contribution < -0.4 is 10.5 Å². The quantitative estimate of drug-likeness (QED) is 0.819. The number of methoxy groups -OCH3 is 1. The van der Waals surface area contributed by atoms with Gasteiger partial charge < -0.3 is 15.2 Å². The molecule has 6 heteroatoms. The highest BCUT2D eigenvalue weighted by molar-refractivity contribution is 5.92. The van der Waals surface area contributed by atoms with Gasteiger partial charge in [0.2, 0.25) is 0 Å². The van der Waals surface area contributed by atoms with Crippen LogP contribution in [0.5, 0.6) is 5.75 Å². The number of hydrogen-bond donors (Lipinski definition) is 1. The van der Waals surface area contributed by atoms with E-state index in [-0.39, 0.29) is 30.3 Å². The number of esters is 1. The molecule has 0 saturated heterocycles. The number of carbonyl (C=O) groups is 1. The van der Waals surface area contributed by atoms with E-state index >= 15 is 0 Å². The average molecular weight is 250 g/mol. The third-order valence-electron chi connectivity index (χ3n) is 1.72. The number of nitrogens with two attached hydrogens (primary N) is 1. The fourth-order valence-corrected chi connectivity index (χ4v) is 1.07. The Morgan fingerprint density at radius 2 is 2.19 bits per heavy atom. The molecular weight excluding hydrogens is 237 g/mol. The Labute approximate surface area is 98.9 Å². The van der Waals surface area contributed by atoms with Crippen molar-refractivity contribution in [3.63, 3.8) is 0 Å². The maximum absolute atomic E-state index is 12.9. The van der Waals surface area contributed by atoms with E-state index in [1.807, 2.05) is 0 Å². The Bertz CT molecular complexity index is 360. The summed E-state index contributed by atoms with van der Waals surface area (Å²) in [7, 11) is 1.22. The van der Waals surface area contributed by atoms with Crippen LogP contribution in [0.2, 0.25) is 0 Å². The van der Waals surface area contributed by atoms with Crippen molar-refractivity contribution in [1.29, 1.82) is 0 Å². The molecule has 0 aliphatic carbocycles. The summed E-state index contributed by atoms with van der Waals surface area (Å²) in [4.78, 5) is 11.2. The number of carbonyl (C=O) groups excluding carboxylic acids is 1. The molecule has 0 saturated carbocycles. The van der Waals surface area contributed by atoms with Gasteiger partial charge in [-0.05, 0) is 18.2 Å². The molecule has 0 aliphatic rings. The van der Waals surface area contributed by atoms with E-state index in [0.29, 0.717) is 6.54 Å². The Kier molecular flexibility index (Phi) is 6.44. The standard InChI is InChI=1S/C10H12FNO3.ClH/c1-14-10(13)8-6-7(11)2-3-9(8)15-5-4-12;/h2-3,6H,4-5,12H2,1H3;1H. The predicted octanol–water partition coefficient (Wildman–Crippen LogP) is 1.37. The van der Waals surface area contributed by atoms with Crippen LogP contribution in [0.25, 0.3) is 0 Å². The number of benzene rings is 1. The third kappa shape index (κ3) is 3.67. The lowest BCUT2D eigenvalue weighted by Crippen LogP contribution is -2.13. The summed E-state index contributed by atoms with van der Waals surface area (Å²) in [6.07, 6.45) is 0. The number of ether oxygens (including phenoxy) is 2. The zero-order valence-corrected chi connectivity index (χ0v) is 9.55. The van der Waals surface area contributed by atoms with Gasteiger partial charge in [0.1, 0.15) is 23.7 Å². The van der Waals surface area contributed by atoms with Gasteiger partial charge in [-0.1, -0.05) is 0 Å². The topological polar surface area (TPSA) is 61.5 Å². The maximum Gasteiger partial charge on any atom is 0.341 e. The van der Waals surface area contributed by atoms with Crippen LogP contribution in [0.1, 0.15) is 10.4 Å². The average Bonchev–Trinajstić information content (AvgIpc) is 2.26. The van der Waals surface area contributed by atoms with Crippen molar-refractivity contribution in [3.05, 3.63) is 29.6 Å². The summed E-state index contributed by atoms with van der Waals surface area (Å²) < 4.78 is 22.5. The highest BCUT2D eigenvalue weighted by atomic mass is 35.5. The summed E-state index contributed by atoms with van der Waals surface area (Å²) >= 11 is 0. The highest BCUT2D eigenvalue weighted by Gasteiger charge is 2.13. The van der Waals surface area contributed by atoms with Crippen molar-refractivity contribution in [1.82, 2.24) is 0 Å². The Morgan fingerprint density at radius 3 is 2.75 bits per heavy atom. The van der Waals surface area contributed by atoms with E-state index < -0.39 is 11.8 Å². The molecule has 0 aliphatic heterocycles. The molecule has 0 heterocycles. The van der Waals surface area contributed by atoms with Crippen LogP contribution in [0.15, 0.2) is 18.2 Å². The molecule has 1 rings (SSSR count). The molecule has 0 aromatic heterocycles. The molecule has 2 N–H and O–H groups in total. The van der Waals surface area contributed by atoms with Crippen LogP contribution >= 0.6 is 12.4 Å². The normalized spacial score (nSPS) is 9.19. The van der Waals surface area contributed by atoms with Gasteiger partial charge in [-0.25, -0.2) is 9.18 Å². The van der Waals surface area contributed by atoms with Crippen LogP contribution in [0, 0.1) is 5.82 Å². The summed E-state index contributed by atoms with van der Waals surface area (Å²) in [6.45, 7) is 0.577. The minimum Gasteiger partial charge on any atom is -0.491 e. The van der Waals surface area contributed by atoms with E-state index in [0.717, 1.165) is 6.07 Å². The number of rotatable bonds is 4. The fraction of sp³-hybridized carbons (Fsp3) is 0.300. The largest absolute Gasteiger partial charge is 0.491 e. The molecule has 0 fully saturated rings. The first-order chi connectivity index (χ1) is 7.19. The monoisotopic (exact) mass is 249 g/mol. The zero-order chi connectivity index (χ0) is 11.3. The lowest BCUT2D eigenvalue weighted by molar-refractivity contribution is 0.0595. The zero-order valence-electron chi connectivity index (χ0n) is 8.73. The smallest absolute Gasteiger partial charge is 0.341 e. The van der Waals surface area contributed by atoms with Gasteiger partial charge in [0.25, 0.3) is 0 Å². The Hall–Kier alpha value is -1.33. The molecule has 1 aromatic rings. The van der Waals surface area contributed by atoms with Crippen molar-refractivity contribution in [2.45, 2.75) is 0 Å². The van der Waals surface area contributed by atoms with E-state index in [4.69, 9.17) is 10.5 Å². The first-order valence-corrected chi connectivity index (χ1v) is 4.39. The van der Waals surface area contributed by atoms with E-state index in [2.05, 4.69) is 4.74 Å². The molecule has 0 unspecified atom stereocenters. The van der Waals surface area contributed by atoms with Crippen LogP contribution in [-0.4, -0.2) is 26.2 Å². The summed E-state index contributed by atoms with van der Waals surface area (Å²) in [6, 6.07) is 3.65. The molecule has 0 bridgehead atoms. The minimum atomic E-state index is -0.637. The fourth-order valence-electron chi connectivity index (χ4n) is 1.07. The first kappa shape index (κ1) is 14.7. The highest BCUT2D eigenvalue weighted by Crippen LogP contribution is 2.20. The van der Waals surface area contributed by atoms with Gasteiger partial charge in [-0.3, -0.25) is 0 Å². The molecule has 0 atom stereocenters. The lowest BCUT2D eigenvalue weighted by atomic mass is 10.2. The molecular formula is C10H13ClFNO3. The molecule has 90 valence electrons. The van der Waals surface area contributed by atoms with Crippen molar-refractivity contribution < 1.29 is 18.7 Å². The number of hydrogen-bond acceptors (Lipinski definition) is 4. The number of halogens is 2. The van der Waals surface area contributed by atoms with Gasteiger partial charge in [-0.15, -0.1) is 12.4 Å². The van der Waals surface area contributed by atoms with Gasteiger partial charge in [-0.2, -0.15) is 0 Å². The third-order valence-corrected chi connectivity index (χ3v) is 1.72. The molecule has 0 radical (unpaired) electrons. The van der Waals surface area contributed by atoms with E-state index in [1.54, 1.807) is 0 Å². The second-order valence-electron chi connectivity index (χ2n) is 2.77. The molecule has 4 nitrogen and oxygen atoms in total. The van der Waals surface area contributed by atoms with E-state index in [1.165, 1.54) is 19.2 Å². The molecule has 1 aromatic carbocycles.